The van der Waals surface area contributed by atoms with Gasteiger partial charge < -0.3 is 14.6 Å². The van der Waals surface area contributed by atoms with Crippen molar-refractivity contribution in [3.63, 3.8) is 0 Å². The average molecular weight is 337 g/mol. The molecule has 0 radical (unpaired) electrons. The molecule has 0 spiro atoms. The number of aromatic nitrogens is 4. The number of rotatable bonds is 5. The number of imidazole rings is 1. The number of hydrogen-bond acceptors (Lipinski definition) is 4. The molecule has 0 saturated carbocycles. The lowest BCUT2D eigenvalue weighted by Gasteiger charge is -2.17. The van der Waals surface area contributed by atoms with E-state index in [0.717, 1.165) is 43.3 Å². The predicted molar refractivity (Wildman–Crippen MR) is 96.9 cm³/mol. The van der Waals surface area contributed by atoms with Crippen LogP contribution in [0.15, 0.2) is 36.7 Å². The summed E-state index contributed by atoms with van der Waals surface area (Å²) in [5.41, 5.74) is 5.80. The minimum atomic E-state index is 0.603. The van der Waals surface area contributed by atoms with Gasteiger partial charge in [-0.05, 0) is 25.0 Å². The van der Waals surface area contributed by atoms with Crippen molar-refractivity contribution in [3.05, 3.63) is 59.4 Å². The molecule has 0 bridgehead atoms. The van der Waals surface area contributed by atoms with Crippen LogP contribution in [0.3, 0.4) is 0 Å². The van der Waals surface area contributed by atoms with Gasteiger partial charge in [0, 0.05) is 6.54 Å². The molecule has 1 N–H and O–H groups in total. The highest BCUT2D eigenvalue weighted by Crippen LogP contribution is 2.23. The predicted octanol–water partition coefficient (Wildman–Crippen LogP) is 3.08. The van der Waals surface area contributed by atoms with Gasteiger partial charge >= 0.3 is 0 Å². The van der Waals surface area contributed by atoms with Gasteiger partial charge in [-0.15, -0.1) is 0 Å². The number of ether oxygens (including phenoxy) is 1. The van der Waals surface area contributed by atoms with Gasteiger partial charge in [0.1, 0.15) is 12.4 Å². The summed E-state index contributed by atoms with van der Waals surface area (Å²) < 4.78 is 9.74. The summed E-state index contributed by atoms with van der Waals surface area (Å²) in [5.74, 6) is 1.01. The van der Waals surface area contributed by atoms with Crippen molar-refractivity contribution in [1.82, 2.24) is 19.3 Å². The molecule has 6 nitrogen and oxygen atoms in total. The fourth-order valence-corrected chi connectivity index (χ4v) is 3.36. The van der Waals surface area contributed by atoms with E-state index in [9.17, 15) is 0 Å². The molecular formula is C19H23N5O. The zero-order chi connectivity index (χ0) is 17.2. The normalized spacial score (nSPS) is 13.7. The summed E-state index contributed by atoms with van der Waals surface area (Å²) in [7, 11) is 0. The van der Waals surface area contributed by atoms with E-state index in [2.05, 4.69) is 58.1 Å². The van der Waals surface area contributed by atoms with Gasteiger partial charge in [-0.1, -0.05) is 25.1 Å². The van der Waals surface area contributed by atoms with Gasteiger partial charge in [0.05, 0.1) is 48.3 Å². The number of nitrogens with zero attached hydrogens (tertiary/aromatic N) is 4. The van der Waals surface area contributed by atoms with Crippen molar-refractivity contribution in [2.24, 2.45) is 0 Å². The smallest absolute Gasteiger partial charge is 0.135 e. The second-order valence-corrected chi connectivity index (χ2v) is 6.28. The second kappa shape index (κ2) is 6.72. The van der Waals surface area contributed by atoms with Gasteiger partial charge in [0.25, 0.3) is 0 Å². The van der Waals surface area contributed by atoms with Crippen molar-refractivity contribution < 1.29 is 4.74 Å². The van der Waals surface area contributed by atoms with Crippen LogP contribution in [-0.4, -0.2) is 25.9 Å². The molecule has 25 heavy (non-hydrogen) atoms. The van der Waals surface area contributed by atoms with Crippen molar-refractivity contribution in [2.75, 3.05) is 11.9 Å². The summed E-state index contributed by atoms with van der Waals surface area (Å²) in [6.07, 6.45) is 4.77. The van der Waals surface area contributed by atoms with Crippen LogP contribution in [0.5, 0.6) is 0 Å². The molecule has 3 heterocycles. The number of nitrogens with one attached hydrogen (secondary N) is 1. The Morgan fingerprint density at radius 1 is 1.24 bits per heavy atom. The van der Waals surface area contributed by atoms with Gasteiger partial charge in [-0.25, -0.2) is 9.67 Å². The minimum Gasteiger partial charge on any atom is -0.377 e. The van der Waals surface area contributed by atoms with Crippen LogP contribution in [-0.2, 0) is 30.9 Å². The van der Waals surface area contributed by atoms with E-state index in [1.165, 1.54) is 17.0 Å². The molecule has 0 saturated heterocycles. The van der Waals surface area contributed by atoms with E-state index in [4.69, 9.17) is 4.74 Å². The highest BCUT2D eigenvalue weighted by atomic mass is 16.5. The minimum absolute atomic E-state index is 0.603. The topological polar surface area (TPSA) is 56.9 Å². The van der Waals surface area contributed by atoms with E-state index in [-0.39, 0.29) is 0 Å². The molecule has 0 aliphatic carbocycles. The van der Waals surface area contributed by atoms with Crippen LogP contribution in [0.4, 0.5) is 5.69 Å². The summed E-state index contributed by atoms with van der Waals surface area (Å²) >= 11 is 0. The Hall–Kier alpha value is -2.60. The van der Waals surface area contributed by atoms with E-state index in [0.29, 0.717) is 6.61 Å². The van der Waals surface area contributed by atoms with Crippen LogP contribution >= 0.6 is 0 Å². The fraction of sp³-hybridized carbons (Fsp3) is 0.368. The maximum Gasteiger partial charge on any atom is 0.135 e. The third-order valence-corrected chi connectivity index (χ3v) is 4.72. The zero-order valence-corrected chi connectivity index (χ0v) is 14.7. The van der Waals surface area contributed by atoms with Crippen LogP contribution in [0.1, 0.15) is 29.7 Å². The lowest BCUT2D eigenvalue weighted by molar-refractivity contribution is 0.0807. The Balaban J connectivity index is 1.58. The summed E-state index contributed by atoms with van der Waals surface area (Å²) in [5, 5.41) is 8.16. The Kier molecular flexibility index (Phi) is 4.28. The van der Waals surface area contributed by atoms with Crippen LogP contribution < -0.4 is 5.32 Å². The lowest BCUT2D eigenvalue weighted by Crippen LogP contribution is -2.19. The van der Waals surface area contributed by atoms with E-state index < -0.39 is 0 Å². The highest BCUT2D eigenvalue weighted by molar-refractivity contribution is 5.52. The van der Waals surface area contributed by atoms with Gasteiger partial charge in [0.2, 0.25) is 0 Å². The summed E-state index contributed by atoms with van der Waals surface area (Å²) in [6.45, 7) is 7.24. The average Bonchev–Trinajstić information content (AvgIpc) is 3.24. The van der Waals surface area contributed by atoms with Crippen molar-refractivity contribution in [1.29, 1.82) is 0 Å². The molecule has 2 aromatic heterocycles. The maximum atomic E-state index is 5.45. The zero-order valence-electron chi connectivity index (χ0n) is 14.7. The van der Waals surface area contributed by atoms with Crippen molar-refractivity contribution in [2.45, 2.75) is 40.0 Å². The molecule has 1 aliphatic rings. The van der Waals surface area contributed by atoms with Crippen LogP contribution in [0.25, 0.3) is 5.69 Å². The third-order valence-electron chi connectivity index (χ3n) is 4.72. The van der Waals surface area contributed by atoms with Crippen LogP contribution in [0.2, 0.25) is 0 Å². The molecule has 130 valence electrons. The molecule has 1 aliphatic heterocycles. The SMILES string of the molecule is CCc1c(NCc2cnc3n2CCOC3)cnn1-c1ccccc1C. The van der Waals surface area contributed by atoms with Crippen LogP contribution in [0, 0.1) is 6.92 Å². The first-order valence-corrected chi connectivity index (χ1v) is 8.75. The number of fused-ring (bicyclic) bond motifs is 1. The number of para-hydroxylation sites is 1. The van der Waals surface area contributed by atoms with Gasteiger partial charge in [-0.3, -0.25) is 0 Å². The molecule has 1 aromatic carbocycles. The molecule has 6 heteroatoms. The van der Waals surface area contributed by atoms with Gasteiger partial charge in [-0.2, -0.15) is 5.10 Å². The molecule has 0 atom stereocenters. The molecule has 0 amide bonds. The monoisotopic (exact) mass is 337 g/mol. The molecule has 3 aromatic rings. The highest BCUT2D eigenvalue weighted by Gasteiger charge is 2.16. The van der Waals surface area contributed by atoms with Crippen molar-refractivity contribution >= 4 is 5.69 Å². The van der Waals surface area contributed by atoms with E-state index in [1.54, 1.807) is 0 Å². The fourth-order valence-electron chi connectivity index (χ4n) is 3.36. The molecule has 0 unspecified atom stereocenters. The number of anilines is 1. The van der Waals surface area contributed by atoms with Crippen molar-refractivity contribution in [3.8, 4) is 5.69 Å². The number of benzene rings is 1. The lowest BCUT2D eigenvalue weighted by atomic mass is 10.2. The Morgan fingerprint density at radius 2 is 2.12 bits per heavy atom. The van der Waals surface area contributed by atoms with E-state index in [1.807, 2.05) is 17.1 Å². The molecular weight excluding hydrogens is 314 g/mol. The molecule has 4 rings (SSSR count). The second-order valence-electron chi connectivity index (χ2n) is 6.28. The maximum absolute atomic E-state index is 5.45. The summed E-state index contributed by atoms with van der Waals surface area (Å²) in [6, 6.07) is 8.33. The standard InChI is InChI=1S/C19H23N5O/c1-3-17-16(12-22-24(17)18-7-5-4-6-14(18)2)20-10-15-11-21-19-13-25-9-8-23(15)19/h4-7,11-12,20H,3,8-10,13H2,1-2H3. The van der Waals surface area contributed by atoms with Gasteiger partial charge in [0.15, 0.2) is 0 Å². The quantitative estimate of drug-likeness (QED) is 0.777. The first kappa shape index (κ1) is 15.9. The number of hydrogen-bond donors (Lipinski definition) is 1. The number of aryl methyl sites for hydroxylation is 1. The summed E-state index contributed by atoms with van der Waals surface area (Å²) in [4.78, 5) is 4.45. The Labute approximate surface area is 147 Å². The Bertz CT molecular complexity index is 880. The Morgan fingerprint density at radius 3 is 2.96 bits per heavy atom. The third kappa shape index (κ3) is 2.93. The molecule has 0 fully saturated rings. The first-order valence-electron chi connectivity index (χ1n) is 8.75. The largest absolute Gasteiger partial charge is 0.377 e. The van der Waals surface area contributed by atoms with E-state index >= 15 is 0 Å². The first-order chi connectivity index (χ1) is 12.3.